The molecule has 0 bridgehead atoms. The Hall–Kier alpha value is -3.58. The van der Waals surface area contributed by atoms with Crippen LogP contribution in [-0.4, -0.2) is 16.1 Å². The Morgan fingerprint density at radius 3 is 2.57 bits per heavy atom. The molecule has 0 saturated carbocycles. The smallest absolute Gasteiger partial charge is 0.304 e. The van der Waals surface area contributed by atoms with Crippen molar-refractivity contribution < 1.29 is 14.6 Å². The highest BCUT2D eigenvalue weighted by atomic mass is 16.5. The highest BCUT2D eigenvalue weighted by Crippen LogP contribution is 2.24. The molecule has 1 N–H and O–H groups in total. The van der Waals surface area contributed by atoms with Crippen LogP contribution in [0, 0.1) is 11.8 Å². The average molecular weight is 371 g/mol. The van der Waals surface area contributed by atoms with Crippen LogP contribution in [0.15, 0.2) is 73.1 Å². The van der Waals surface area contributed by atoms with Crippen LogP contribution in [0.3, 0.4) is 0 Å². The highest BCUT2D eigenvalue weighted by Gasteiger charge is 2.13. The van der Waals surface area contributed by atoms with Gasteiger partial charge >= 0.3 is 5.97 Å². The summed E-state index contributed by atoms with van der Waals surface area (Å²) < 4.78 is 5.89. The maximum absolute atomic E-state index is 11.0. The fourth-order valence-electron chi connectivity index (χ4n) is 2.94. The molecule has 28 heavy (non-hydrogen) atoms. The molecule has 4 heteroatoms. The van der Waals surface area contributed by atoms with Gasteiger partial charge in [0.2, 0.25) is 0 Å². The lowest BCUT2D eigenvalue weighted by Gasteiger charge is -2.11. The molecule has 1 atom stereocenters. The van der Waals surface area contributed by atoms with E-state index in [1.54, 1.807) is 13.1 Å². The Balaban J connectivity index is 1.66. The molecule has 0 fully saturated rings. The van der Waals surface area contributed by atoms with Gasteiger partial charge in [0.05, 0.1) is 12.3 Å². The van der Waals surface area contributed by atoms with Crippen molar-refractivity contribution in [2.24, 2.45) is 0 Å². The van der Waals surface area contributed by atoms with E-state index in [4.69, 9.17) is 9.84 Å². The van der Waals surface area contributed by atoms with E-state index in [2.05, 4.69) is 22.9 Å². The summed E-state index contributed by atoms with van der Waals surface area (Å²) in [6.07, 6.45) is 3.58. The van der Waals surface area contributed by atoms with Crippen LogP contribution >= 0.6 is 0 Å². The van der Waals surface area contributed by atoms with E-state index in [0.717, 1.165) is 28.0 Å². The quantitative estimate of drug-likeness (QED) is 0.600. The van der Waals surface area contributed by atoms with E-state index in [9.17, 15) is 4.79 Å². The Morgan fingerprint density at radius 2 is 1.89 bits per heavy atom. The summed E-state index contributed by atoms with van der Waals surface area (Å²) in [6.45, 7) is 2.16. The molecule has 140 valence electrons. The first kappa shape index (κ1) is 19.2. The number of hydrogen-bond donors (Lipinski definition) is 1. The zero-order valence-corrected chi connectivity index (χ0v) is 15.6. The number of benzene rings is 2. The summed E-state index contributed by atoms with van der Waals surface area (Å²) >= 11 is 0. The van der Waals surface area contributed by atoms with Crippen molar-refractivity contribution in [3.63, 3.8) is 0 Å². The molecule has 0 saturated heterocycles. The number of nitrogens with zero attached hydrogens (tertiary/aromatic N) is 1. The Labute approximate surface area is 164 Å². The summed E-state index contributed by atoms with van der Waals surface area (Å²) in [6, 6.07) is 19.6. The van der Waals surface area contributed by atoms with Gasteiger partial charge < -0.3 is 9.84 Å². The van der Waals surface area contributed by atoms with Gasteiger partial charge in [-0.2, -0.15) is 0 Å². The van der Waals surface area contributed by atoms with E-state index >= 15 is 0 Å². The van der Waals surface area contributed by atoms with Crippen molar-refractivity contribution in [3.8, 4) is 28.7 Å². The van der Waals surface area contributed by atoms with Crippen molar-refractivity contribution in [2.45, 2.75) is 25.9 Å². The molecule has 4 nitrogen and oxygen atoms in total. The molecule has 3 aromatic rings. The van der Waals surface area contributed by atoms with Crippen molar-refractivity contribution in [1.29, 1.82) is 0 Å². The standard InChI is InChI=1S/C24H21NO3/c1-2-5-20(15-24(26)27)19-9-11-23(12-10-19)28-17-18-6-3-7-21(14-18)22-8-4-13-25-16-22/h3-4,6-14,16,20H,15,17H2,1H3,(H,26,27). The first-order valence-corrected chi connectivity index (χ1v) is 9.02. The van der Waals surface area contributed by atoms with Gasteiger partial charge in [-0.05, 0) is 53.4 Å². The first-order chi connectivity index (χ1) is 13.7. The molecule has 2 aromatic carbocycles. The molecule has 1 heterocycles. The fourth-order valence-corrected chi connectivity index (χ4v) is 2.94. The minimum absolute atomic E-state index is 0.0117. The molecule has 0 amide bonds. The van der Waals surface area contributed by atoms with Crippen LogP contribution in [0.25, 0.3) is 11.1 Å². The third-order valence-electron chi connectivity index (χ3n) is 4.31. The maximum Gasteiger partial charge on any atom is 0.304 e. The van der Waals surface area contributed by atoms with E-state index in [1.165, 1.54) is 0 Å². The second kappa shape index (κ2) is 9.38. The number of aromatic nitrogens is 1. The molecular formula is C24H21NO3. The summed E-state index contributed by atoms with van der Waals surface area (Å²) in [5, 5.41) is 9.05. The monoisotopic (exact) mass is 371 g/mol. The highest BCUT2D eigenvalue weighted by molar-refractivity contribution is 5.69. The second-order valence-corrected chi connectivity index (χ2v) is 6.34. The molecule has 1 unspecified atom stereocenters. The molecule has 0 spiro atoms. The maximum atomic E-state index is 11.0. The van der Waals surface area contributed by atoms with E-state index in [-0.39, 0.29) is 12.3 Å². The van der Waals surface area contributed by atoms with Crippen LogP contribution in [-0.2, 0) is 11.4 Å². The Kier molecular flexibility index (Phi) is 6.43. The molecular weight excluding hydrogens is 350 g/mol. The zero-order chi connectivity index (χ0) is 19.8. The lowest BCUT2D eigenvalue weighted by molar-refractivity contribution is -0.137. The Morgan fingerprint density at radius 1 is 1.11 bits per heavy atom. The predicted molar refractivity (Wildman–Crippen MR) is 109 cm³/mol. The van der Waals surface area contributed by atoms with Gasteiger partial charge in [-0.3, -0.25) is 9.78 Å². The summed E-state index contributed by atoms with van der Waals surface area (Å²) in [7, 11) is 0. The van der Waals surface area contributed by atoms with E-state index in [1.807, 2.05) is 60.8 Å². The number of rotatable bonds is 7. The predicted octanol–water partition coefficient (Wildman–Crippen LogP) is 4.91. The summed E-state index contributed by atoms with van der Waals surface area (Å²) in [5.41, 5.74) is 4.10. The van der Waals surface area contributed by atoms with Gasteiger partial charge in [-0.15, -0.1) is 5.92 Å². The number of pyridine rings is 1. The van der Waals surface area contributed by atoms with Gasteiger partial charge in [0.15, 0.2) is 0 Å². The zero-order valence-electron chi connectivity index (χ0n) is 15.6. The third-order valence-corrected chi connectivity index (χ3v) is 4.31. The first-order valence-electron chi connectivity index (χ1n) is 9.02. The number of carboxylic acid groups (broad SMARTS) is 1. The van der Waals surface area contributed by atoms with Gasteiger partial charge in [-0.25, -0.2) is 0 Å². The lowest BCUT2D eigenvalue weighted by Crippen LogP contribution is -2.04. The molecule has 0 aliphatic carbocycles. The van der Waals surface area contributed by atoms with E-state index < -0.39 is 5.97 Å². The Bertz CT molecular complexity index is 986. The van der Waals surface area contributed by atoms with Gasteiger partial charge in [0.1, 0.15) is 12.4 Å². The van der Waals surface area contributed by atoms with Crippen molar-refractivity contribution in [1.82, 2.24) is 4.98 Å². The molecule has 0 aliphatic heterocycles. The minimum atomic E-state index is -0.860. The van der Waals surface area contributed by atoms with Crippen LogP contribution in [0.2, 0.25) is 0 Å². The van der Waals surface area contributed by atoms with Gasteiger partial charge in [0.25, 0.3) is 0 Å². The van der Waals surface area contributed by atoms with Gasteiger partial charge in [0, 0.05) is 12.4 Å². The number of aliphatic carboxylic acids is 1. The molecule has 3 rings (SSSR count). The van der Waals surface area contributed by atoms with E-state index in [0.29, 0.717) is 6.61 Å². The molecule has 0 aliphatic rings. The van der Waals surface area contributed by atoms with Crippen LogP contribution < -0.4 is 4.74 Å². The normalized spacial score (nSPS) is 11.2. The van der Waals surface area contributed by atoms with Crippen LogP contribution in [0.1, 0.15) is 30.4 Å². The summed E-state index contributed by atoms with van der Waals surface area (Å²) in [5.74, 6) is 5.31. The lowest BCUT2D eigenvalue weighted by atomic mass is 9.96. The second-order valence-electron chi connectivity index (χ2n) is 6.34. The third kappa shape index (κ3) is 5.21. The largest absolute Gasteiger partial charge is 0.489 e. The van der Waals surface area contributed by atoms with Gasteiger partial charge in [-0.1, -0.05) is 42.3 Å². The number of carboxylic acids is 1. The summed E-state index contributed by atoms with van der Waals surface area (Å²) in [4.78, 5) is 15.2. The number of ether oxygens (including phenoxy) is 1. The van der Waals surface area contributed by atoms with Crippen molar-refractivity contribution >= 4 is 5.97 Å². The fraction of sp³-hybridized carbons (Fsp3) is 0.167. The SMILES string of the molecule is CC#CC(CC(=O)O)c1ccc(OCc2cccc(-c3cccnc3)c2)cc1. The number of hydrogen-bond acceptors (Lipinski definition) is 3. The van der Waals surface area contributed by atoms with Crippen LogP contribution in [0.5, 0.6) is 5.75 Å². The molecule has 0 radical (unpaired) electrons. The van der Waals surface area contributed by atoms with Crippen molar-refractivity contribution in [2.75, 3.05) is 0 Å². The number of carbonyl (C=O) groups is 1. The van der Waals surface area contributed by atoms with Crippen LogP contribution in [0.4, 0.5) is 0 Å². The topological polar surface area (TPSA) is 59.4 Å². The molecule has 1 aromatic heterocycles. The van der Waals surface area contributed by atoms with Crippen molar-refractivity contribution in [3.05, 3.63) is 84.2 Å². The average Bonchev–Trinajstić information content (AvgIpc) is 2.73. The minimum Gasteiger partial charge on any atom is -0.489 e.